The Morgan fingerprint density at radius 1 is 0.741 bits per heavy atom. The molecule has 10 rings (SSSR count). The van der Waals surface area contributed by atoms with Gasteiger partial charge in [-0.2, -0.15) is 0 Å². The summed E-state index contributed by atoms with van der Waals surface area (Å²) in [6.45, 7) is 8.28. The number of anilines is 5. The number of benzene rings is 4. The zero-order valence-electron chi connectivity index (χ0n) is 31.3. The van der Waals surface area contributed by atoms with Gasteiger partial charge in [0, 0.05) is 29.5 Å². The molecule has 3 heterocycles. The van der Waals surface area contributed by atoms with Crippen LogP contribution in [-0.4, -0.2) is 23.1 Å². The second kappa shape index (κ2) is 12.6. The summed E-state index contributed by atoms with van der Waals surface area (Å²) >= 11 is 0. The van der Waals surface area contributed by atoms with Crippen LogP contribution in [0.3, 0.4) is 0 Å². The molecule has 3 aliphatic carbocycles. The highest BCUT2D eigenvalue weighted by molar-refractivity contribution is 5.88. The van der Waals surface area contributed by atoms with Crippen LogP contribution < -0.4 is 14.7 Å². The molecule has 4 unspecified atom stereocenters. The number of hydrogen-bond acceptors (Lipinski definition) is 4. The third kappa shape index (κ3) is 5.15. The highest BCUT2D eigenvalue weighted by Crippen LogP contribution is 2.55. The van der Waals surface area contributed by atoms with Crippen molar-refractivity contribution >= 4 is 40.6 Å². The zero-order valence-corrected chi connectivity index (χ0v) is 31.3. The summed E-state index contributed by atoms with van der Waals surface area (Å²) in [6, 6.07) is 40.0. The van der Waals surface area contributed by atoms with Gasteiger partial charge in [-0.15, -0.1) is 0 Å². The smallest absolute Gasteiger partial charge is 0.0852 e. The maximum atomic E-state index is 5.01. The molecule has 4 atom stereocenters. The van der Waals surface area contributed by atoms with E-state index in [1.54, 1.807) is 0 Å². The van der Waals surface area contributed by atoms with Crippen LogP contribution in [0, 0.1) is 5.92 Å². The molecule has 5 aromatic rings. The molecule has 0 radical (unpaired) electrons. The SMILES string of the molecule is CC1(C)c2cc(/C=C/c3ccc(N4c5ccccc5N(c5ccccc5)C5C=CC=CC54C)cn3)ccc2C2C=CC(N3CCCc4ccccc43)=CC21. The van der Waals surface area contributed by atoms with Crippen molar-refractivity contribution in [2.24, 2.45) is 5.92 Å². The Kier molecular flexibility index (Phi) is 7.66. The standard InChI is InChI=1S/C50H46N4/c1-49(2)43-32-35(23-28-41(43)42-29-27-39(33-44(42)49)52-31-13-15-36-14-7-8-18-45(36)52)22-24-37-25-26-40(34-51-37)54-47-20-10-9-19-46(47)53(38-16-5-4-6-17-38)48-21-11-12-30-50(48,54)3/h4-12,14,16-30,32-34,42,44,48H,13,15,31H2,1-3H3/b24-22+. The Hall–Kier alpha value is -5.87. The summed E-state index contributed by atoms with van der Waals surface area (Å²) in [4.78, 5) is 12.5. The molecular weight excluding hydrogens is 657 g/mol. The minimum absolute atomic E-state index is 0.0204. The van der Waals surface area contributed by atoms with Gasteiger partial charge in [0.15, 0.2) is 0 Å². The van der Waals surface area contributed by atoms with Crippen molar-refractivity contribution in [2.45, 2.75) is 56.5 Å². The molecule has 4 heteroatoms. The van der Waals surface area contributed by atoms with Crippen LogP contribution in [0.5, 0.6) is 0 Å². The maximum absolute atomic E-state index is 5.01. The van der Waals surface area contributed by atoms with E-state index >= 15 is 0 Å². The van der Waals surface area contributed by atoms with Gasteiger partial charge in [0.25, 0.3) is 0 Å². The van der Waals surface area contributed by atoms with Gasteiger partial charge in [-0.1, -0.05) is 123 Å². The Labute approximate surface area is 319 Å². The molecule has 266 valence electrons. The molecular formula is C50H46N4. The van der Waals surface area contributed by atoms with Crippen LogP contribution in [0.4, 0.5) is 28.4 Å². The van der Waals surface area contributed by atoms with E-state index in [-0.39, 0.29) is 17.0 Å². The molecule has 0 amide bonds. The van der Waals surface area contributed by atoms with E-state index in [0.717, 1.165) is 17.9 Å². The average molecular weight is 703 g/mol. The molecule has 4 nitrogen and oxygen atoms in total. The maximum Gasteiger partial charge on any atom is 0.0852 e. The Morgan fingerprint density at radius 3 is 2.37 bits per heavy atom. The fraction of sp³-hybridized carbons (Fsp3) is 0.220. The summed E-state index contributed by atoms with van der Waals surface area (Å²) in [5.74, 6) is 0.826. The van der Waals surface area contributed by atoms with Crippen molar-refractivity contribution in [1.29, 1.82) is 0 Å². The van der Waals surface area contributed by atoms with E-state index in [1.165, 1.54) is 63.5 Å². The molecule has 4 aromatic carbocycles. The molecule has 0 spiro atoms. The van der Waals surface area contributed by atoms with Crippen LogP contribution in [0.25, 0.3) is 12.2 Å². The van der Waals surface area contributed by atoms with Crippen molar-refractivity contribution in [3.8, 4) is 0 Å². The van der Waals surface area contributed by atoms with Gasteiger partial charge in [-0.3, -0.25) is 4.98 Å². The van der Waals surface area contributed by atoms with Gasteiger partial charge in [0.2, 0.25) is 0 Å². The van der Waals surface area contributed by atoms with E-state index in [4.69, 9.17) is 4.98 Å². The molecule has 0 fully saturated rings. The lowest BCUT2D eigenvalue weighted by Gasteiger charge is -2.55. The minimum Gasteiger partial charge on any atom is -0.342 e. The summed E-state index contributed by atoms with van der Waals surface area (Å²) in [5.41, 5.74) is 13.6. The summed E-state index contributed by atoms with van der Waals surface area (Å²) in [5, 5.41) is 0. The molecule has 1 aromatic heterocycles. The van der Waals surface area contributed by atoms with E-state index < -0.39 is 0 Å². The number of nitrogens with zero attached hydrogens (tertiary/aromatic N) is 4. The number of allylic oxidation sites excluding steroid dienone is 5. The minimum atomic E-state index is -0.324. The molecule has 2 aliphatic heterocycles. The molecule has 0 saturated heterocycles. The first-order chi connectivity index (χ1) is 26.4. The normalized spacial score (nSPS) is 24.5. The number of rotatable bonds is 5. The fourth-order valence-electron chi connectivity index (χ4n) is 9.96. The molecule has 0 bridgehead atoms. The molecule has 0 N–H and O–H groups in total. The first-order valence-corrected chi connectivity index (χ1v) is 19.5. The number of para-hydroxylation sites is 4. The van der Waals surface area contributed by atoms with E-state index in [2.05, 4.69) is 199 Å². The number of pyridine rings is 1. The molecule has 0 saturated carbocycles. The van der Waals surface area contributed by atoms with Gasteiger partial charge >= 0.3 is 0 Å². The Balaban J connectivity index is 0.922. The zero-order chi connectivity index (χ0) is 36.4. The highest BCUT2D eigenvalue weighted by atomic mass is 15.3. The van der Waals surface area contributed by atoms with E-state index in [9.17, 15) is 0 Å². The lowest BCUT2D eigenvalue weighted by atomic mass is 9.74. The second-order valence-electron chi connectivity index (χ2n) is 16.2. The number of aryl methyl sites for hydroxylation is 1. The number of aromatic nitrogens is 1. The summed E-state index contributed by atoms with van der Waals surface area (Å²) in [7, 11) is 0. The Bertz CT molecular complexity index is 2400. The van der Waals surface area contributed by atoms with E-state index in [1.807, 2.05) is 6.20 Å². The van der Waals surface area contributed by atoms with E-state index in [0.29, 0.717) is 11.8 Å². The third-order valence-electron chi connectivity index (χ3n) is 12.7. The van der Waals surface area contributed by atoms with Crippen LogP contribution in [-0.2, 0) is 11.8 Å². The number of fused-ring (bicyclic) bond motifs is 6. The summed E-state index contributed by atoms with van der Waals surface area (Å²) in [6.07, 6.45) is 25.2. The quantitative estimate of drug-likeness (QED) is 0.182. The second-order valence-corrected chi connectivity index (χ2v) is 16.2. The summed E-state index contributed by atoms with van der Waals surface area (Å²) < 4.78 is 0. The van der Waals surface area contributed by atoms with Crippen molar-refractivity contribution in [1.82, 2.24) is 4.98 Å². The fourth-order valence-corrected chi connectivity index (χ4v) is 9.96. The van der Waals surface area contributed by atoms with Crippen molar-refractivity contribution in [3.63, 3.8) is 0 Å². The first-order valence-electron chi connectivity index (χ1n) is 19.5. The van der Waals surface area contributed by atoms with Gasteiger partial charge in [-0.05, 0) is 108 Å². The van der Waals surface area contributed by atoms with Crippen LogP contribution in [0.15, 0.2) is 164 Å². The van der Waals surface area contributed by atoms with Crippen molar-refractivity contribution in [3.05, 3.63) is 192 Å². The van der Waals surface area contributed by atoms with Gasteiger partial charge < -0.3 is 14.7 Å². The van der Waals surface area contributed by atoms with Crippen LogP contribution >= 0.6 is 0 Å². The largest absolute Gasteiger partial charge is 0.342 e. The number of hydrogen-bond donors (Lipinski definition) is 0. The monoisotopic (exact) mass is 702 g/mol. The predicted octanol–water partition coefficient (Wildman–Crippen LogP) is 11.7. The third-order valence-corrected chi connectivity index (χ3v) is 12.7. The predicted molar refractivity (Wildman–Crippen MR) is 226 cm³/mol. The Morgan fingerprint density at radius 2 is 1.54 bits per heavy atom. The van der Waals surface area contributed by atoms with Crippen LogP contribution in [0.1, 0.15) is 61.1 Å². The lowest BCUT2D eigenvalue weighted by molar-refractivity contribution is 0.391. The van der Waals surface area contributed by atoms with Gasteiger partial charge in [-0.25, -0.2) is 0 Å². The molecule has 5 aliphatic rings. The van der Waals surface area contributed by atoms with Gasteiger partial charge in [0.05, 0.1) is 40.5 Å². The van der Waals surface area contributed by atoms with Crippen molar-refractivity contribution < 1.29 is 0 Å². The highest BCUT2D eigenvalue weighted by Gasteiger charge is 2.48. The molecule has 54 heavy (non-hydrogen) atoms. The topological polar surface area (TPSA) is 22.6 Å². The van der Waals surface area contributed by atoms with Crippen molar-refractivity contribution in [2.75, 3.05) is 21.2 Å². The first kappa shape index (κ1) is 32.8. The van der Waals surface area contributed by atoms with Gasteiger partial charge in [0.1, 0.15) is 0 Å². The average Bonchev–Trinajstić information content (AvgIpc) is 3.44. The lowest BCUT2D eigenvalue weighted by Crippen LogP contribution is -2.60. The van der Waals surface area contributed by atoms with Crippen LogP contribution in [0.2, 0.25) is 0 Å².